The molecule has 2 aliphatic rings. The van der Waals surface area contributed by atoms with E-state index in [1.807, 2.05) is 6.92 Å². The number of pyridine rings is 1. The second-order valence-electron chi connectivity index (χ2n) is 8.63. The predicted octanol–water partition coefficient (Wildman–Crippen LogP) is 4.60. The summed E-state index contributed by atoms with van der Waals surface area (Å²) in [5.41, 5.74) is -0.332. The van der Waals surface area contributed by atoms with E-state index in [0.29, 0.717) is 31.6 Å². The fraction of sp³-hybridized carbons (Fsp3) is 0.545. The van der Waals surface area contributed by atoms with Crippen LogP contribution in [0.25, 0.3) is 0 Å². The summed E-state index contributed by atoms with van der Waals surface area (Å²) in [6.07, 6.45) is -2.02. The topological polar surface area (TPSA) is 74.2 Å². The number of hydrogen-bond acceptors (Lipinski definition) is 6. The lowest BCUT2D eigenvalue weighted by atomic mass is 10.0. The molecule has 184 valence electrons. The molecule has 2 aromatic heterocycles. The van der Waals surface area contributed by atoms with Gasteiger partial charge in [-0.25, -0.2) is 18.7 Å². The van der Waals surface area contributed by atoms with Crippen molar-refractivity contribution in [2.24, 2.45) is 0 Å². The Bertz CT molecular complexity index is 1050. The Kier molecular flexibility index (Phi) is 6.59. The quantitative estimate of drug-likeness (QED) is 0.605. The number of alkyl halides is 5. The molecule has 4 heterocycles. The van der Waals surface area contributed by atoms with Gasteiger partial charge in [0.05, 0.1) is 17.8 Å². The molecule has 0 spiro atoms. The molecule has 0 bridgehead atoms. The highest BCUT2D eigenvalue weighted by Crippen LogP contribution is 2.34. The SMILES string of the molecule is CCCC(=O)N1CCC(c2cc(Nc3cc(C(F)(F)F)ccn3)nc(N3CCC(F)(F)C3)n2)C1. The number of carbonyl (C=O) groups excluding carboxylic acids is 1. The Morgan fingerprint density at radius 1 is 1.21 bits per heavy atom. The van der Waals surface area contributed by atoms with Crippen molar-refractivity contribution in [2.45, 2.75) is 50.6 Å². The summed E-state index contributed by atoms with van der Waals surface area (Å²) in [6.45, 7) is 2.44. The lowest BCUT2D eigenvalue weighted by Gasteiger charge is -2.20. The van der Waals surface area contributed by atoms with Crippen LogP contribution in [0.4, 0.5) is 39.5 Å². The van der Waals surface area contributed by atoms with E-state index < -0.39 is 24.2 Å². The first-order valence-electron chi connectivity index (χ1n) is 11.1. The molecule has 0 aliphatic carbocycles. The third kappa shape index (κ3) is 5.53. The van der Waals surface area contributed by atoms with E-state index in [1.54, 1.807) is 11.0 Å². The minimum absolute atomic E-state index is 0.0463. The van der Waals surface area contributed by atoms with Gasteiger partial charge in [-0.15, -0.1) is 0 Å². The maximum atomic E-state index is 13.8. The standard InChI is InChI=1S/C22H25F5N6O/c1-2-3-19(34)32-8-5-14(12-32)16-11-18(30-17-10-15(4-7-28-17)22(25,26)27)31-20(29-16)33-9-6-21(23,24)13-33/h4,7,10-11,14H,2-3,5-6,8-9,12-13H2,1H3,(H,28,29,30,31). The Morgan fingerprint density at radius 3 is 2.68 bits per heavy atom. The van der Waals surface area contributed by atoms with E-state index in [2.05, 4.69) is 20.3 Å². The van der Waals surface area contributed by atoms with Crippen LogP contribution in [0.2, 0.25) is 0 Å². The molecule has 0 saturated carbocycles. The van der Waals surface area contributed by atoms with E-state index in [9.17, 15) is 26.7 Å². The average molecular weight is 484 g/mol. The lowest BCUT2D eigenvalue weighted by molar-refractivity contribution is -0.137. The monoisotopic (exact) mass is 484 g/mol. The van der Waals surface area contributed by atoms with Crippen molar-refractivity contribution in [1.29, 1.82) is 0 Å². The summed E-state index contributed by atoms with van der Waals surface area (Å²) in [6, 6.07) is 3.29. The Morgan fingerprint density at radius 2 is 2.00 bits per heavy atom. The van der Waals surface area contributed by atoms with Gasteiger partial charge in [0.1, 0.15) is 11.6 Å². The van der Waals surface area contributed by atoms with Gasteiger partial charge in [-0.1, -0.05) is 6.92 Å². The first-order valence-corrected chi connectivity index (χ1v) is 11.1. The minimum atomic E-state index is -4.54. The van der Waals surface area contributed by atoms with Crippen LogP contribution in [0.1, 0.15) is 49.8 Å². The molecule has 2 saturated heterocycles. The molecule has 1 N–H and O–H groups in total. The van der Waals surface area contributed by atoms with Gasteiger partial charge in [-0.3, -0.25) is 4.79 Å². The highest BCUT2D eigenvalue weighted by molar-refractivity contribution is 5.76. The third-order valence-electron chi connectivity index (χ3n) is 5.95. The molecule has 1 atom stereocenters. The van der Waals surface area contributed by atoms with Crippen LogP contribution in [0.5, 0.6) is 0 Å². The van der Waals surface area contributed by atoms with E-state index in [-0.39, 0.29) is 42.4 Å². The first kappa shape index (κ1) is 24.1. The third-order valence-corrected chi connectivity index (χ3v) is 5.95. The molecule has 2 fully saturated rings. The normalized spacial score (nSPS) is 20.1. The average Bonchev–Trinajstić information content (AvgIpc) is 3.40. The summed E-state index contributed by atoms with van der Waals surface area (Å²) in [5.74, 6) is -2.82. The van der Waals surface area contributed by atoms with Crippen LogP contribution < -0.4 is 10.2 Å². The molecule has 2 aromatic rings. The summed E-state index contributed by atoms with van der Waals surface area (Å²) < 4.78 is 66.9. The van der Waals surface area contributed by atoms with Crippen molar-refractivity contribution in [1.82, 2.24) is 19.9 Å². The van der Waals surface area contributed by atoms with E-state index in [4.69, 9.17) is 0 Å². The molecular formula is C22H25F5N6O. The molecule has 34 heavy (non-hydrogen) atoms. The van der Waals surface area contributed by atoms with Gasteiger partial charge in [0.25, 0.3) is 5.92 Å². The van der Waals surface area contributed by atoms with Crippen molar-refractivity contribution in [3.63, 3.8) is 0 Å². The highest BCUT2D eigenvalue weighted by Gasteiger charge is 2.40. The van der Waals surface area contributed by atoms with Crippen molar-refractivity contribution in [3.05, 3.63) is 35.7 Å². The van der Waals surface area contributed by atoms with E-state index >= 15 is 0 Å². The molecule has 0 aromatic carbocycles. The summed E-state index contributed by atoms with van der Waals surface area (Å²) >= 11 is 0. The first-order chi connectivity index (χ1) is 16.0. The number of amides is 1. The molecule has 2 aliphatic heterocycles. The van der Waals surface area contributed by atoms with Gasteiger partial charge in [-0.05, 0) is 25.0 Å². The summed E-state index contributed by atoms with van der Waals surface area (Å²) in [5, 5.41) is 2.76. The van der Waals surface area contributed by atoms with Gasteiger partial charge < -0.3 is 15.1 Å². The van der Waals surface area contributed by atoms with Crippen molar-refractivity contribution >= 4 is 23.5 Å². The number of nitrogens with one attached hydrogen (secondary N) is 1. The lowest BCUT2D eigenvalue weighted by Crippen LogP contribution is -2.28. The largest absolute Gasteiger partial charge is 0.416 e. The van der Waals surface area contributed by atoms with Gasteiger partial charge >= 0.3 is 6.18 Å². The molecule has 1 unspecified atom stereocenters. The molecule has 0 radical (unpaired) electrons. The van der Waals surface area contributed by atoms with Crippen LogP contribution in [0, 0.1) is 0 Å². The molecule has 12 heteroatoms. The number of carbonyl (C=O) groups is 1. The van der Waals surface area contributed by atoms with Crippen molar-refractivity contribution < 1.29 is 26.7 Å². The maximum Gasteiger partial charge on any atom is 0.416 e. The summed E-state index contributed by atoms with van der Waals surface area (Å²) in [4.78, 5) is 28.1. The van der Waals surface area contributed by atoms with Gasteiger partial charge in [0.2, 0.25) is 11.9 Å². The number of rotatable bonds is 6. The van der Waals surface area contributed by atoms with Crippen LogP contribution in [-0.2, 0) is 11.0 Å². The van der Waals surface area contributed by atoms with Crippen molar-refractivity contribution in [2.75, 3.05) is 36.4 Å². The predicted molar refractivity (Wildman–Crippen MR) is 115 cm³/mol. The number of nitrogens with zero attached hydrogens (tertiary/aromatic N) is 5. The number of likely N-dealkylation sites (tertiary alicyclic amines) is 1. The Balaban J connectivity index is 1.63. The van der Waals surface area contributed by atoms with Crippen LogP contribution in [-0.4, -0.2) is 57.9 Å². The fourth-order valence-corrected chi connectivity index (χ4v) is 4.18. The number of anilines is 3. The van der Waals surface area contributed by atoms with E-state index in [1.165, 1.54) is 4.90 Å². The van der Waals surface area contributed by atoms with Crippen LogP contribution in [0.3, 0.4) is 0 Å². The van der Waals surface area contributed by atoms with Gasteiger partial charge in [-0.2, -0.15) is 18.2 Å². The number of aromatic nitrogens is 3. The summed E-state index contributed by atoms with van der Waals surface area (Å²) in [7, 11) is 0. The number of halogens is 5. The second-order valence-corrected chi connectivity index (χ2v) is 8.63. The Hall–Kier alpha value is -3.05. The second kappa shape index (κ2) is 9.30. The van der Waals surface area contributed by atoms with Crippen LogP contribution in [0.15, 0.2) is 24.4 Å². The fourth-order valence-electron chi connectivity index (χ4n) is 4.18. The van der Waals surface area contributed by atoms with Crippen LogP contribution >= 0.6 is 0 Å². The van der Waals surface area contributed by atoms with E-state index in [0.717, 1.165) is 24.8 Å². The molecular weight excluding hydrogens is 459 g/mol. The highest BCUT2D eigenvalue weighted by atomic mass is 19.4. The number of hydrogen-bond donors (Lipinski definition) is 1. The van der Waals surface area contributed by atoms with Gasteiger partial charge in [0, 0.05) is 50.7 Å². The Labute approximate surface area is 193 Å². The smallest absolute Gasteiger partial charge is 0.342 e. The zero-order chi connectivity index (χ0) is 24.5. The maximum absolute atomic E-state index is 13.8. The van der Waals surface area contributed by atoms with Crippen molar-refractivity contribution in [3.8, 4) is 0 Å². The molecule has 7 nitrogen and oxygen atoms in total. The van der Waals surface area contributed by atoms with Gasteiger partial charge in [0.15, 0.2) is 0 Å². The zero-order valence-corrected chi connectivity index (χ0v) is 18.6. The zero-order valence-electron chi connectivity index (χ0n) is 18.6. The molecule has 1 amide bonds. The molecule has 4 rings (SSSR count). The minimum Gasteiger partial charge on any atom is -0.342 e.